The topological polar surface area (TPSA) is 71.4 Å². The van der Waals surface area contributed by atoms with Gasteiger partial charge in [-0.3, -0.25) is 4.79 Å². The number of oxime groups is 1. The predicted octanol–water partition coefficient (Wildman–Crippen LogP) is 0.724. The Kier molecular flexibility index (Phi) is 3.36. The number of amides is 1. The summed E-state index contributed by atoms with van der Waals surface area (Å²) in [4.78, 5) is 12.8. The highest BCUT2D eigenvalue weighted by Gasteiger charge is 2.20. The molecule has 6 nitrogen and oxygen atoms in total. The van der Waals surface area contributed by atoms with Crippen LogP contribution in [0.2, 0.25) is 0 Å². The zero-order chi connectivity index (χ0) is 13.1. The van der Waals surface area contributed by atoms with Gasteiger partial charge in [0.25, 0.3) is 5.91 Å². The first-order chi connectivity index (χ1) is 8.61. The van der Waals surface area contributed by atoms with Crippen LogP contribution in [-0.4, -0.2) is 49.0 Å². The fourth-order valence-corrected chi connectivity index (χ4v) is 1.53. The van der Waals surface area contributed by atoms with E-state index in [1.165, 1.54) is 4.90 Å². The number of carbonyl (C=O) groups excluding carboxylic acids is 1. The van der Waals surface area contributed by atoms with Crippen molar-refractivity contribution in [2.45, 2.75) is 0 Å². The van der Waals surface area contributed by atoms with Gasteiger partial charge in [0.15, 0.2) is 6.61 Å². The van der Waals surface area contributed by atoms with Crippen molar-refractivity contribution in [2.75, 3.05) is 27.3 Å². The Balaban J connectivity index is 2.07. The summed E-state index contributed by atoms with van der Waals surface area (Å²) < 4.78 is 10.7. The van der Waals surface area contributed by atoms with E-state index in [0.29, 0.717) is 17.2 Å². The Bertz CT molecular complexity index is 497. The first kappa shape index (κ1) is 12.2. The molecule has 1 heterocycles. The number of carbonyl (C=O) groups is 1. The molecule has 0 bridgehead atoms. The lowest BCUT2D eigenvalue weighted by Gasteiger charge is -2.11. The van der Waals surface area contributed by atoms with Crippen LogP contribution in [0.1, 0.15) is 5.56 Å². The Labute approximate surface area is 104 Å². The van der Waals surface area contributed by atoms with Gasteiger partial charge in [-0.2, -0.15) is 0 Å². The van der Waals surface area contributed by atoms with E-state index in [2.05, 4.69) is 5.16 Å². The van der Waals surface area contributed by atoms with Gasteiger partial charge in [-0.05, 0) is 12.1 Å². The van der Waals surface area contributed by atoms with Crippen LogP contribution in [0.5, 0.6) is 11.5 Å². The molecule has 1 aromatic carbocycles. The van der Waals surface area contributed by atoms with Crippen molar-refractivity contribution in [3.05, 3.63) is 23.8 Å². The standard InChI is InChI=1S/C12H14N2O4/c1-14(2)12(15)7-17-8-3-4-9-10(13-16)6-18-11(9)5-8/h3-5,16H,6-7H2,1-2H3. The third kappa shape index (κ3) is 2.37. The average Bonchev–Trinajstić information content (AvgIpc) is 2.77. The molecule has 0 aromatic heterocycles. The Morgan fingerprint density at radius 2 is 2.33 bits per heavy atom. The van der Waals surface area contributed by atoms with Crippen molar-refractivity contribution < 1.29 is 19.5 Å². The molecule has 0 saturated carbocycles. The first-order valence-electron chi connectivity index (χ1n) is 5.43. The summed E-state index contributed by atoms with van der Waals surface area (Å²) in [6.07, 6.45) is 0. The van der Waals surface area contributed by atoms with E-state index in [0.717, 1.165) is 5.56 Å². The first-order valence-corrected chi connectivity index (χ1v) is 5.43. The van der Waals surface area contributed by atoms with Crippen LogP contribution in [0.15, 0.2) is 23.4 Å². The molecule has 1 N–H and O–H groups in total. The molecule has 1 aliphatic rings. The van der Waals surface area contributed by atoms with Gasteiger partial charge in [0.2, 0.25) is 0 Å². The highest BCUT2D eigenvalue weighted by Crippen LogP contribution is 2.29. The molecular formula is C12H14N2O4. The maximum Gasteiger partial charge on any atom is 0.259 e. The van der Waals surface area contributed by atoms with Gasteiger partial charge in [-0.15, -0.1) is 0 Å². The minimum absolute atomic E-state index is 0.0211. The lowest BCUT2D eigenvalue weighted by molar-refractivity contribution is -0.130. The fraction of sp³-hybridized carbons (Fsp3) is 0.333. The zero-order valence-electron chi connectivity index (χ0n) is 10.2. The van der Waals surface area contributed by atoms with Crippen molar-refractivity contribution in [3.63, 3.8) is 0 Å². The Morgan fingerprint density at radius 3 is 3.00 bits per heavy atom. The van der Waals surface area contributed by atoms with Crippen LogP contribution >= 0.6 is 0 Å². The quantitative estimate of drug-likeness (QED) is 0.634. The SMILES string of the molecule is CN(C)C(=O)COc1ccc2c(c1)OCC2=NO. The molecule has 0 atom stereocenters. The highest BCUT2D eigenvalue weighted by atomic mass is 16.5. The van der Waals surface area contributed by atoms with Gasteiger partial charge in [0, 0.05) is 25.7 Å². The molecule has 18 heavy (non-hydrogen) atoms. The number of hydrogen-bond donors (Lipinski definition) is 1. The van der Waals surface area contributed by atoms with E-state index < -0.39 is 0 Å². The van der Waals surface area contributed by atoms with Crippen molar-refractivity contribution in [3.8, 4) is 11.5 Å². The summed E-state index contributed by atoms with van der Waals surface area (Å²) >= 11 is 0. The van der Waals surface area contributed by atoms with E-state index in [-0.39, 0.29) is 19.1 Å². The van der Waals surface area contributed by atoms with Crippen LogP contribution in [0.25, 0.3) is 0 Å². The third-order valence-corrected chi connectivity index (χ3v) is 2.61. The second kappa shape index (κ2) is 4.95. The Hall–Kier alpha value is -2.24. The molecule has 1 aliphatic heterocycles. The van der Waals surface area contributed by atoms with Crippen LogP contribution in [0.3, 0.4) is 0 Å². The molecule has 0 unspecified atom stereocenters. The van der Waals surface area contributed by atoms with E-state index in [9.17, 15) is 4.79 Å². The number of benzene rings is 1. The summed E-state index contributed by atoms with van der Waals surface area (Å²) in [5.74, 6) is 1.02. The molecule has 1 aromatic rings. The minimum Gasteiger partial charge on any atom is -0.486 e. The molecule has 1 amide bonds. The molecule has 0 radical (unpaired) electrons. The molecule has 0 fully saturated rings. The van der Waals surface area contributed by atoms with E-state index in [1.54, 1.807) is 32.3 Å². The maximum absolute atomic E-state index is 11.4. The lowest BCUT2D eigenvalue weighted by Crippen LogP contribution is -2.27. The number of fused-ring (bicyclic) bond motifs is 1. The summed E-state index contributed by atoms with van der Waals surface area (Å²) in [6, 6.07) is 5.13. The lowest BCUT2D eigenvalue weighted by atomic mass is 10.1. The van der Waals surface area contributed by atoms with Crippen LogP contribution in [0, 0.1) is 0 Å². The largest absolute Gasteiger partial charge is 0.486 e. The average molecular weight is 250 g/mol. The second-order valence-electron chi connectivity index (χ2n) is 4.07. The Morgan fingerprint density at radius 1 is 1.56 bits per heavy atom. The van der Waals surface area contributed by atoms with Gasteiger partial charge in [0.05, 0.1) is 0 Å². The summed E-state index contributed by atoms with van der Waals surface area (Å²) in [5.41, 5.74) is 1.23. The smallest absolute Gasteiger partial charge is 0.259 e. The number of ether oxygens (including phenoxy) is 2. The number of rotatable bonds is 3. The fourth-order valence-electron chi connectivity index (χ4n) is 1.53. The molecule has 0 aliphatic carbocycles. The van der Waals surface area contributed by atoms with E-state index in [1.807, 2.05) is 0 Å². The summed E-state index contributed by atoms with van der Waals surface area (Å²) in [5, 5.41) is 11.9. The normalized spacial score (nSPS) is 15.1. The maximum atomic E-state index is 11.4. The highest BCUT2D eigenvalue weighted by molar-refractivity contribution is 6.06. The third-order valence-electron chi connectivity index (χ3n) is 2.61. The van der Waals surface area contributed by atoms with Crippen LogP contribution in [0.4, 0.5) is 0 Å². The number of hydrogen-bond acceptors (Lipinski definition) is 5. The van der Waals surface area contributed by atoms with Crippen molar-refractivity contribution in [1.82, 2.24) is 4.90 Å². The monoisotopic (exact) mass is 250 g/mol. The van der Waals surface area contributed by atoms with E-state index in [4.69, 9.17) is 14.7 Å². The van der Waals surface area contributed by atoms with Crippen LogP contribution in [-0.2, 0) is 4.79 Å². The molecule has 96 valence electrons. The van der Waals surface area contributed by atoms with Gasteiger partial charge >= 0.3 is 0 Å². The van der Waals surface area contributed by atoms with Gasteiger partial charge in [-0.25, -0.2) is 0 Å². The van der Waals surface area contributed by atoms with Crippen LogP contribution < -0.4 is 9.47 Å². The molecule has 0 spiro atoms. The van der Waals surface area contributed by atoms with Gasteiger partial charge in [0.1, 0.15) is 23.8 Å². The molecule has 6 heteroatoms. The van der Waals surface area contributed by atoms with E-state index >= 15 is 0 Å². The predicted molar refractivity (Wildman–Crippen MR) is 64.4 cm³/mol. The van der Waals surface area contributed by atoms with Gasteiger partial charge < -0.3 is 19.6 Å². The summed E-state index contributed by atoms with van der Waals surface area (Å²) in [7, 11) is 3.34. The van der Waals surface area contributed by atoms with Crippen molar-refractivity contribution in [2.24, 2.45) is 5.16 Å². The molecular weight excluding hydrogens is 236 g/mol. The molecule has 0 saturated heterocycles. The zero-order valence-corrected chi connectivity index (χ0v) is 10.2. The van der Waals surface area contributed by atoms with Crippen molar-refractivity contribution in [1.29, 1.82) is 0 Å². The summed E-state index contributed by atoms with van der Waals surface area (Å²) in [6.45, 7) is 0.221. The second-order valence-corrected chi connectivity index (χ2v) is 4.07. The number of likely N-dealkylation sites (N-methyl/N-ethyl adjacent to an activating group) is 1. The van der Waals surface area contributed by atoms with Crippen molar-refractivity contribution >= 4 is 11.6 Å². The number of nitrogens with zero attached hydrogens (tertiary/aromatic N) is 2. The minimum atomic E-state index is -0.117. The molecule has 2 rings (SSSR count). The van der Waals surface area contributed by atoms with Gasteiger partial charge in [-0.1, -0.05) is 5.16 Å².